The van der Waals surface area contributed by atoms with Crippen molar-refractivity contribution in [1.82, 2.24) is 9.97 Å². The summed E-state index contributed by atoms with van der Waals surface area (Å²) >= 11 is 6.04. The maximum absolute atomic E-state index is 12.6. The van der Waals surface area contributed by atoms with Crippen molar-refractivity contribution in [3.8, 4) is 0 Å². The number of rotatable bonds is 4. The van der Waals surface area contributed by atoms with Gasteiger partial charge in [-0.3, -0.25) is 9.52 Å². The summed E-state index contributed by atoms with van der Waals surface area (Å²) in [6.45, 7) is 1.39. The van der Waals surface area contributed by atoms with E-state index in [1.807, 2.05) is 0 Å². The number of halogens is 1. The first-order valence-corrected chi connectivity index (χ1v) is 8.68. The van der Waals surface area contributed by atoms with Crippen molar-refractivity contribution in [2.45, 2.75) is 11.8 Å². The molecule has 3 aromatic rings. The summed E-state index contributed by atoms with van der Waals surface area (Å²) in [6.07, 6.45) is 0. The normalized spacial score (nSPS) is 11.6. The van der Waals surface area contributed by atoms with Gasteiger partial charge in [-0.05, 0) is 31.2 Å². The minimum absolute atomic E-state index is 0.0343. The summed E-state index contributed by atoms with van der Waals surface area (Å²) < 4.78 is 27.5. The Morgan fingerprint density at radius 2 is 1.79 bits per heavy atom. The second-order valence-corrected chi connectivity index (χ2v) is 7.21. The van der Waals surface area contributed by atoms with Crippen LogP contribution in [0.1, 0.15) is 17.3 Å². The topological polar surface area (TPSA) is 112 Å². The predicted molar refractivity (Wildman–Crippen MR) is 91.2 cm³/mol. The molecule has 124 valence electrons. The summed E-state index contributed by atoms with van der Waals surface area (Å²) in [6, 6.07) is 8.74. The largest absolute Gasteiger partial charge is 0.323 e. The number of carbonyl (C=O) groups excluding carboxylic acids is 1. The van der Waals surface area contributed by atoms with Crippen molar-refractivity contribution < 1.29 is 13.2 Å². The standard InChI is InChI=1S/C15H12ClN3O4S/c1-8(20)9-3-2-4-10(5-9)19-24(22,23)14-7-13-12(6-11(14)16)17-15(21)18-13/h2-7,19H,1H3,(H2,17,18,21). The Balaban J connectivity index is 2.04. The molecule has 0 atom stereocenters. The van der Waals surface area contributed by atoms with E-state index in [0.717, 1.165) is 0 Å². The van der Waals surface area contributed by atoms with E-state index in [-0.39, 0.29) is 21.4 Å². The van der Waals surface area contributed by atoms with E-state index in [9.17, 15) is 18.0 Å². The molecule has 9 heteroatoms. The summed E-state index contributed by atoms with van der Waals surface area (Å²) in [5.41, 5.74) is 0.885. The average molecular weight is 366 g/mol. The molecule has 0 spiro atoms. The van der Waals surface area contributed by atoms with Crippen LogP contribution in [0.5, 0.6) is 0 Å². The van der Waals surface area contributed by atoms with Gasteiger partial charge in [0.2, 0.25) is 0 Å². The van der Waals surface area contributed by atoms with E-state index in [1.54, 1.807) is 12.1 Å². The lowest BCUT2D eigenvalue weighted by Gasteiger charge is -2.10. The fraction of sp³-hybridized carbons (Fsp3) is 0.0667. The van der Waals surface area contributed by atoms with E-state index in [0.29, 0.717) is 16.6 Å². The Kier molecular flexibility index (Phi) is 3.94. The van der Waals surface area contributed by atoms with Crippen LogP contribution in [0.3, 0.4) is 0 Å². The first kappa shape index (κ1) is 16.3. The van der Waals surface area contributed by atoms with Crippen molar-refractivity contribution in [2.75, 3.05) is 4.72 Å². The quantitative estimate of drug-likeness (QED) is 0.616. The van der Waals surface area contributed by atoms with Gasteiger partial charge in [-0.1, -0.05) is 23.7 Å². The van der Waals surface area contributed by atoms with Gasteiger partial charge in [0, 0.05) is 11.3 Å². The van der Waals surface area contributed by atoms with Crippen molar-refractivity contribution in [1.29, 1.82) is 0 Å². The van der Waals surface area contributed by atoms with Crippen molar-refractivity contribution in [2.24, 2.45) is 0 Å². The zero-order valence-electron chi connectivity index (χ0n) is 12.4. The molecule has 0 radical (unpaired) electrons. The summed E-state index contributed by atoms with van der Waals surface area (Å²) in [5.74, 6) is -0.180. The number of fused-ring (bicyclic) bond motifs is 1. The third-order valence-electron chi connectivity index (χ3n) is 3.38. The van der Waals surface area contributed by atoms with Crippen LogP contribution < -0.4 is 10.4 Å². The Hall–Kier alpha value is -2.58. The highest BCUT2D eigenvalue weighted by Gasteiger charge is 2.20. The number of H-pyrrole nitrogens is 2. The number of aromatic nitrogens is 2. The highest BCUT2D eigenvalue weighted by molar-refractivity contribution is 7.92. The summed E-state index contributed by atoms with van der Waals surface area (Å²) in [5, 5.41) is -0.0343. The molecule has 0 bridgehead atoms. The van der Waals surface area contributed by atoms with Gasteiger partial charge in [-0.15, -0.1) is 0 Å². The van der Waals surface area contributed by atoms with Crippen LogP contribution >= 0.6 is 11.6 Å². The van der Waals surface area contributed by atoms with Gasteiger partial charge in [-0.2, -0.15) is 0 Å². The maximum atomic E-state index is 12.6. The van der Waals surface area contributed by atoms with Crippen molar-refractivity contribution in [3.05, 3.63) is 57.5 Å². The Morgan fingerprint density at radius 1 is 1.12 bits per heavy atom. The molecule has 2 aromatic carbocycles. The number of hydrogen-bond acceptors (Lipinski definition) is 4. The second kappa shape index (κ2) is 5.81. The van der Waals surface area contributed by atoms with Gasteiger partial charge in [0.15, 0.2) is 5.78 Å². The predicted octanol–water partition coefficient (Wildman–Crippen LogP) is 2.51. The van der Waals surface area contributed by atoms with Crippen LogP contribution in [0.15, 0.2) is 46.1 Å². The number of carbonyl (C=O) groups is 1. The molecule has 1 heterocycles. The monoisotopic (exact) mass is 365 g/mol. The van der Waals surface area contributed by atoms with Gasteiger partial charge in [-0.25, -0.2) is 13.2 Å². The van der Waals surface area contributed by atoms with Gasteiger partial charge >= 0.3 is 5.69 Å². The zero-order chi connectivity index (χ0) is 17.5. The minimum atomic E-state index is -4.00. The Labute approximate surface area is 141 Å². The van der Waals surface area contributed by atoms with Crippen LogP contribution in [0.2, 0.25) is 5.02 Å². The molecule has 0 saturated carbocycles. The number of imidazole rings is 1. The lowest BCUT2D eigenvalue weighted by Crippen LogP contribution is -2.14. The third-order valence-corrected chi connectivity index (χ3v) is 5.23. The number of anilines is 1. The average Bonchev–Trinajstić information content (AvgIpc) is 2.85. The zero-order valence-corrected chi connectivity index (χ0v) is 14.0. The van der Waals surface area contributed by atoms with Crippen molar-refractivity contribution >= 4 is 44.1 Å². The number of sulfonamides is 1. The second-order valence-electron chi connectivity index (χ2n) is 5.15. The SMILES string of the molecule is CC(=O)c1cccc(NS(=O)(=O)c2cc3[nH]c(=O)[nH]c3cc2Cl)c1. The molecule has 1 aromatic heterocycles. The molecule has 0 unspecified atom stereocenters. The first-order chi connectivity index (χ1) is 11.3. The molecule has 0 aliphatic carbocycles. The maximum Gasteiger partial charge on any atom is 0.323 e. The number of aromatic amines is 2. The summed E-state index contributed by atoms with van der Waals surface area (Å²) in [4.78, 5) is 27.5. The first-order valence-electron chi connectivity index (χ1n) is 6.81. The number of benzene rings is 2. The fourth-order valence-corrected chi connectivity index (χ4v) is 3.86. The van der Waals surface area contributed by atoms with Gasteiger partial charge in [0.25, 0.3) is 10.0 Å². The molecule has 3 rings (SSSR count). The highest BCUT2D eigenvalue weighted by atomic mass is 35.5. The molecule has 7 nitrogen and oxygen atoms in total. The van der Waals surface area contributed by atoms with Crippen LogP contribution in [-0.4, -0.2) is 24.2 Å². The molecule has 24 heavy (non-hydrogen) atoms. The van der Waals surface area contributed by atoms with E-state index in [1.165, 1.54) is 31.2 Å². The lowest BCUT2D eigenvalue weighted by molar-refractivity contribution is 0.101. The molecule has 0 aliphatic rings. The molecule has 0 aliphatic heterocycles. The molecule has 0 saturated heterocycles. The summed E-state index contributed by atoms with van der Waals surface area (Å²) in [7, 11) is -4.00. The van der Waals surface area contributed by atoms with Crippen molar-refractivity contribution in [3.63, 3.8) is 0 Å². The lowest BCUT2D eigenvalue weighted by atomic mass is 10.1. The number of ketones is 1. The molecule has 0 amide bonds. The molecule has 3 N–H and O–H groups in total. The Morgan fingerprint density at radius 3 is 2.46 bits per heavy atom. The van der Waals surface area contributed by atoms with E-state index < -0.39 is 15.7 Å². The fourth-order valence-electron chi connectivity index (χ4n) is 2.25. The smallest absolute Gasteiger partial charge is 0.306 e. The van der Waals surface area contributed by atoms with Crippen LogP contribution in [0.25, 0.3) is 11.0 Å². The number of nitrogens with one attached hydrogen (secondary N) is 3. The van der Waals surface area contributed by atoms with E-state index in [4.69, 9.17) is 11.6 Å². The number of hydrogen-bond donors (Lipinski definition) is 3. The van der Waals surface area contributed by atoms with Gasteiger partial charge in [0.1, 0.15) is 4.90 Å². The third kappa shape index (κ3) is 3.06. The minimum Gasteiger partial charge on any atom is -0.306 e. The number of Topliss-reactive ketones (excluding diaryl/α,β-unsaturated/α-hetero) is 1. The van der Waals surface area contributed by atoms with Crippen LogP contribution in [0.4, 0.5) is 5.69 Å². The van der Waals surface area contributed by atoms with Gasteiger partial charge < -0.3 is 9.97 Å². The van der Waals surface area contributed by atoms with Crippen LogP contribution in [0, 0.1) is 0 Å². The van der Waals surface area contributed by atoms with E-state index in [2.05, 4.69) is 14.7 Å². The van der Waals surface area contributed by atoms with Crippen LogP contribution in [-0.2, 0) is 10.0 Å². The Bertz CT molecular complexity index is 1120. The molecular formula is C15H12ClN3O4S. The van der Waals surface area contributed by atoms with E-state index >= 15 is 0 Å². The molecule has 0 fully saturated rings. The van der Waals surface area contributed by atoms with Gasteiger partial charge in [0.05, 0.1) is 16.1 Å². The molecular weight excluding hydrogens is 354 g/mol. The highest BCUT2D eigenvalue weighted by Crippen LogP contribution is 2.27.